The highest BCUT2D eigenvalue weighted by molar-refractivity contribution is 5.88. The highest BCUT2D eigenvalue weighted by Gasteiger charge is 2.29. The van der Waals surface area contributed by atoms with Crippen molar-refractivity contribution in [2.45, 2.75) is 38.3 Å². The van der Waals surface area contributed by atoms with Gasteiger partial charge in [0.05, 0.1) is 24.0 Å². The smallest absolute Gasteiger partial charge is 0.339 e. The summed E-state index contributed by atoms with van der Waals surface area (Å²) in [6.45, 7) is 1.72. The monoisotopic (exact) mass is 210 g/mol. The van der Waals surface area contributed by atoms with Crippen molar-refractivity contribution in [1.82, 2.24) is 9.78 Å². The zero-order valence-electron chi connectivity index (χ0n) is 8.55. The lowest BCUT2D eigenvalue weighted by Crippen LogP contribution is -2.20. The number of hydrogen-bond acceptors (Lipinski definition) is 3. The summed E-state index contributed by atoms with van der Waals surface area (Å²) in [4.78, 5) is 10.8. The number of carboxylic acid groups (broad SMARTS) is 1. The third-order valence-electron chi connectivity index (χ3n) is 3.03. The van der Waals surface area contributed by atoms with Crippen molar-refractivity contribution in [3.8, 4) is 0 Å². The second-order valence-corrected chi connectivity index (χ2v) is 3.96. The lowest BCUT2D eigenvalue weighted by atomic mass is 10.2. The summed E-state index contributed by atoms with van der Waals surface area (Å²) in [5.41, 5.74) is 0.836. The average Bonchev–Trinajstić information content (AvgIpc) is 2.71. The lowest BCUT2D eigenvalue weighted by Gasteiger charge is -2.16. The van der Waals surface area contributed by atoms with Gasteiger partial charge in [-0.25, -0.2) is 4.79 Å². The van der Waals surface area contributed by atoms with Crippen LogP contribution in [0.25, 0.3) is 0 Å². The molecule has 15 heavy (non-hydrogen) atoms. The molecular formula is C10H14N2O3. The van der Waals surface area contributed by atoms with Gasteiger partial charge in [-0.1, -0.05) is 0 Å². The molecule has 0 spiro atoms. The van der Waals surface area contributed by atoms with E-state index in [9.17, 15) is 9.90 Å². The van der Waals surface area contributed by atoms with Gasteiger partial charge in [0.15, 0.2) is 0 Å². The second-order valence-electron chi connectivity index (χ2n) is 3.96. The highest BCUT2D eigenvalue weighted by Crippen LogP contribution is 2.30. The Morgan fingerprint density at radius 2 is 2.33 bits per heavy atom. The van der Waals surface area contributed by atoms with E-state index in [2.05, 4.69) is 5.10 Å². The van der Waals surface area contributed by atoms with E-state index in [1.54, 1.807) is 11.6 Å². The average molecular weight is 210 g/mol. The Bertz CT molecular complexity index is 386. The molecule has 2 N–H and O–H groups in total. The number of nitrogens with zero attached hydrogens (tertiary/aromatic N) is 2. The van der Waals surface area contributed by atoms with Gasteiger partial charge in [0, 0.05) is 0 Å². The van der Waals surface area contributed by atoms with Gasteiger partial charge in [-0.3, -0.25) is 4.68 Å². The zero-order valence-corrected chi connectivity index (χ0v) is 8.55. The van der Waals surface area contributed by atoms with Crippen LogP contribution >= 0.6 is 0 Å². The minimum atomic E-state index is -0.966. The van der Waals surface area contributed by atoms with Crippen LogP contribution in [-0.2, 0) is 0 Å². The Morgan fingerprint density at radius 3 is 2.80 bits per heavy atom. The molecule has 0 radical (unpaired) electrons. The first-order valence-corrected chi connectivity index (χ1v) is 5.06. The van der Waals surface area contributed by atoms with Gasteiger partial charge in [-0.2, -0.15) is 5.10 Å². The van der Waals surface area contributed by atoms with Crippen LogP contribution in [0.3, 0.4) is 0 Å². The largest absolute Gasteiger partial charge is 0.478 e. The Kier molecular flexibility index (Phi) is 2.48. The summed E-state index contributed by atoms with van der Waals surface area (Å²) in [5, 5.41) is 22.6. The van der Waals surface area contributed by atoms with Crippen LogP contribution in [0.2, 0.25) is 0 Å². The van der Waals surface area contributed by atoms with Gasteiger partial charge in [0.2, 0.25) is 0 Å². The molecular weight excluding hydrogens is 196 g/mol. The number of rotatable bonds is 2. The van der Waals surface area contributed by atoms with Crippen LogP contribution in [0.4, 0.5) is 0 Å². The molecule has 1 heterocycles. The van der Waals surface area contributed by atoms with E-state index in [0.29, 0.717) is 5.69 Å². The Balaban J connectivity index is 2.33. The van der Waals surface area contributed by atoms with Gasteiger partial charge < -0.3 is 10.2 Å². The van der Waals surface area contributed by atoms with E-state index in [1.807, 2.05) is 0 Å². The minimum Gasteiger partial charge on any atom is -0.478 e. The molecule has 1 saturated carbocycles. The molecule has 1 aromatic heterocycles. The lowest BCUT2D eigenvalue weighted by molar-refractivity contribution is 0.0695. The number of aromatic nitrogens is 2. The topological polar surface area (TPSA) is 75.3 Å². The number of carboxylic acids is 1. The first kappa shape index (κ1) is 10.2. The molecule has 1 fully saturated rings. The third-order valence-corrected chi connectivity index (χ3v) is 3.03. The van der Waals surface area contributed by atoms with Gasteiger partial charge in [-0.05, 0) is 26.2 Å². The van der Waals surface area contributed by atoms with E-state index < -0.39 is 12.1 Å². The Labute approximate surface area is 87.3 Å². The fraction of sp³-hybridized carbons (Fsp3) is 0.600. The van der Waals surface area contributed by atoms with Gasteiger partial charge in [0.25, 0.3) is 0 Å². The van der Waals surface area contributed by atoms with E-state index in [-0.39, 0.29) is 11.6 Å². The molecule has 5 nitrogen and oxygen atoms in total. The molecule has 82 valence electrons. The van der Waals surface area contributed by atoms with E-state index in [1.165, 1.54) is 6.20 Å². The normalized spacial score (nSPS) is 25.7. The van der Waals surface area contributed by atoms with Crippen molar-refractivity contribution < 1.29 is 15.0 Å². The predicted octanol–water partition coefficient (Wildman–Crippen LogP) is 0.976. The molecule has 0 amide bonds. The summed E-state index contributed by atoms with van der Waals surface area (Å²) in [6.07, 6.45) is 3.55. The van der Waals surface area contributed by atoms with Gasteiger partial charge in [0.1, 0.15) is 5.56 Å². The van der Waals surface area contributed by atoms with Crippen LogP contribution in [0.1, 0.15) is 41.4 Å². The van der Waals surface area contributed by atoms with Crippen molar-refractivity contribution in [1.29, 1.82) is 0 Å². The fourth-order valence-electron chi connectivity index (χ4n) is 2.17. The first-order valence-electron chi connectivity index (χ1n) is 5.06. The third kappa shape index (κ3) is 1.63. The molecule has 2 atom stereocenters. The van der Waals surface area contributed by atoms with Crippen molar-refractivity contribution in [2.75, 3.05) is 0 Å². The summed E-state index contributed by atoms with van der Waals surface area (Å²) in [5.74, 6) is -0.966. The van der Waals surface area contributed by atoms with Gasteiger partial charge >= 0.3 is 5.97 Å². The van der Waals surface area contributed by atoms with Crippen molar-refractivity contribution in [3.05, 3.63) is 17.5 Å². The van der Waals surface area contributed by atoms with Crippen molar-refractivity contribution in [2.24, 2.45) is 0 Å². The highest BCUT2D eigenvalue weighted by atomic mass is 16.4. The van der Waals surface area contributed by atoms with Crippen LogP contribution in [0, 0.1) is 6.92 Å². The summed E-state index contributed by atoms with van der Waals surface area (Å²) < 4.78 is 1.64. The molecule has 2 rings (SSSR count). The molecule has 1 aromatic rings. The minimum absolute atomic E-state index is 0.0573. The number of aliphatic hydroxyl groups excluding tert-OH is 1. The quantitative estimate of drug-likeness (QED) is 0.762. The predicted molar refractivity (Wildman–Crippen MR) is 52.8 cm³/mol. The Morgan fingerprint density at radius 1 is 1.60 bits per heavy atom. The number of aliphatic hydroxyl groups is 1. The molecule has 0 aromatic carbocycles. The standard InChI is InChI=1S/C10H14N2O3/c1-6-7(10(14)15)5-11-12(6)8-3-2-4-9(8)13/h5,8-9,13H,2-4H2,1H3,(H,14,15). The number of aromatic carboxylic acids is 1. The number of hydrogen-bond donors (Lipinski definition) is 2. The van der Waals surface area contributed by atoms with Crippen LogP contribution in [0.15, 0.2) is 6.20 Å². The maximum absolute atomic E-state index is 10.8. The van der Waals surface area contributed by atoms with Crippen molar-refractivity contribution in [3.63, 3.8) is 0 Å². The molecule has 0 aliphatic heterocycles. The van der Waals surface area contributed by atoms with E-state index in [0.717, 1.165) is 19.3 Å². The molecule has 0 bridgehead atoms. The maximum atomic E-state index is 10.8. The fourth-order valence-corrected chi connectivity index (χ4v) is 2.17. The SMILES string of the molecule is Cc1c(C(=O)O)cnn1C1CCCC1O. The molecule has 1 aliphatic carbocycles. The van der Waals surface area contributed by atoms with Gasteiger partial charge in [-0.15, -0.1) is 0 Å². The summed E-state index contributed by atoms with van der Waals surface area (Å²) >= 11 is 0. The van der Waals surface area contributed by atoms with Crippen LogP contribution in [0.5, 0.6) is 0 Å². The number of carbonyl (C=O) groups is 1. The summed E-state index contributed by atoms with van der Waals surface area (Å²) in [6, 6.07) is -0.0573. The molecule has 0 saturated heterocycles. The van der Waals surface area contributed by atoms with Crippen molar-refractivity contribution >= 4 is 5.97 Å². The second kappa shape index (κ2) is 3.66. The van der Waals surface area contributed by atoms with E-state index in [4.69, 9.17) is 5.11 Å². The Hall–Kier alpha value is -1.36. The molecule has 1 aliphatic rings. The molecule has 5 heteroatoms. The summed E-state index contributed by atoms with van der Waals surface area (Å²) in [7, 11) is 0. The first-order chi connectivity index (χ1) is 7.11. The molecule has 2 unspecified atom stereocenters. The maximum Gasteiger partial charge on any atom is 0.339 e. The van der Waals surface area contributed by atoms with E-state index >= 15 is 0 Å². The van der Waals surface area contributed by atoms with Crippen LogP contribution in [-0.4, -0.2) is 32.1 Å². The zero-order chi connectivity index (χ0) is 11.0. The van der Waals surface area contributed by atoms with Crippen LogP contribution < -0.4 is 0 Å².